The highest BCUT2D eigenvalue weighted by Crippen LogP contribution is 2.30. The third-order valence-electron chi connectivity index (χ3n) is 4.21. The molecule has 0 unspecified atom stereocenters. The first-order valence-electron chi connectivity index (χ1n) is 8.05. The topological polar surface area (TPSA) is 75.6 Å². The zero-order valence-corrected chi connectivity index (χ0v) is 13.8. The minimum Gasteiger partial charge on any atom is -0.476 e. The summed E-state index contributed by atoms with van der Waals surface area (Å²) in [4.78, 5) is 21.5. The Morgan fingerprint density at radius 1 is 1.25 bits per heavy atom. The lowest BCUT2D eigenvalue weighted by atomic mass is 10.0. The normalized spacial score (nSPS) is 21.0. The van der Waals surface area contributed by atoms with E-state index in [2.05, 4.69) is 28.7 Å². The molecule has 6 nitrogen and oxygen atoms in total. The number of hydrogen-bond acceptors (Lipinski definition) is 5. The number of aromatic nitrogens is 2. The van der Waals surface area contributed by atoms with Gasteiger partial charge < -0.3 is 14.7 Å². The van der Waals surface area contributed by atoms with Crippen molar-refractivity contribution in [1.29, 1.82) is 0 Å². The largest absolute Gasteiger partial charge is 0.476 e. The zero-order valence-electron chi connectivity index (χ0n) is 13.8. The van der Waals surface area contributed by atoms with Crippen LogP contribution in [0.15, 0.2) is 42.7 Å². The number of carboxylic acid groups (broad SMARTS) is 1. The van der Waals surface area contributed by atoms with Crippen molar-refractivity contribution in [1.82, 2.24) is 9.97 Å². The molecule has 0 spiro atoms. The Bertz CT molecular complexity index is 706. The van der Waals surface area contributed by atoms with Crippen LogP contribution in [0.5, 0.6) is 0 Å². The van der Waals surface area contributed by atoms with Gasteiger partial charge in [0.2, 0.25) is 0 Å². The van der Waals surface area contributed by atoms with Gasteiger partial charge in [0.1, 0.15) is 11.9 Å². The lowest BCUT2D eigenvalue weighted by Crippen LogP contribution is -2.46. The number of nitrogens with zero attached hydrogens (tertiary/aromatic N) is 3. The van der Waals surface area contributed by atoms with Gasteiger partial charge in [-0.15, -0.1) is 0 Å². The number of benzene rings is 1. The van der Waals surface area contributed by atoms with E-state index >= 15 is 0 Å². The lowest BCUT2D eigenvalue weighted by molar-refractivity contribution is -0.0501. The lowest BCUT2D eigenvalue weighted by Gasteiger charge is -2.40. The molecule has 0 saturated carbocycles. The highest BCUT2D eigenvalue weighted by atomic mass is 16.5. The molecule has 126 valence electrons. The fourth-order valence-electron chi connectivity index (χ4n) is 2.81. The van der Waals surface area contributed by atoms with Crippen LogP contribution in [0, 0.1) is 5.92 Å². The summed E-state index contributed by atoms with van der Waals surface area (Å²) in [5.74, 6) is -0.156. The molecule has 6 heteroatoms. The number of hydrogen-bond donors (Lipinski definition) is 1. The summed E-state index contributed by atoms with van der Waals surface area (Å²) >= 11 is 0. The summed E-state index contributed by atoms with van der Waals surface area (Å²) in [6.07, 6.45) is 2.83. The second-order valence-electron chi connectivity index (χ2n) is 6.29. The molecule has 1 saturated heterocycles. The summed E-state index contributed by atoms with van der Waals surface area (Å²) in [6.45, 7) is 5.52. The van der Waals surface area contributed by atoms with Crippen molar-refractivity contribution >= 4 is 11.8 Å². The number of rotatable bonds is 4. The van der Waals surface area contributed by atoms with Crippen molar-refractivity contribution in [3.8, 4) is 0 Å². The zero-order chi connectivity index (χ0) is 17.1. The van der Waals surface area contributed by atoms with E-state index in [0.29, 0.717) is 24.8 Å². The maximum Gasteiger partial charge on any atom is 0.356 e. The van der Waals surface area contributed by atoms with Crippen molar-refractivity contribution in [2.45, 2.75) is 26.1 Å². The van der Waals surface area contributed by atoms with Gasteiger partial charge in [-0.05, 0) is 11.5 Å². The average molecular weight is 327 g/mol. The van der Waals surface area contributed by atoms with Crippen molar-refractivity contribution in [2.75, 3.05) is 18.0 Å². The van der Waals surface area contributed by atoms with E-state index < -0.39 is 5.97 Å². The molecule has 1 aliphatic heterocycles. The molecular weight excluding hydrogens is 306 g/mol. The van der Waals surface area contributed by atoms with Crippen LogP contribution in [0.2, 0.25) is 0 Å². The van der Waals surface area contributed by atoms with Crippen molar-refractivity contribution in [3.63, 3.8) is 0 Å². The second-order valence-corrected chi connectivity index (χ2v) is 6.29. The monoisotopic (exact) mass is 327 g/mol. The molecule has 0 radical (unpaired) electrons. The van der Waals surface area contributed by atoms with Gasteiger partial charge in [0, 0.05) is 13.1 Å². The van der Waals surface area contributed by atoms with E-state index in [-0.39, 0.29) is 17.9 Å². The molecule has 1 aromatic heterocycles. The molecule has 2 heterocycles. The summed E-state index contributed by atoms with van der Waals surface area (Å²) in [6, 6.07) is 10.1. The first-order valence-corrected chi connectivity index (χ1v) is 8.05. The molecule has 1 N–H and O–H groups in total. The van der Waals surface area contributed by atoms with E-state index in [1.165, 1.54) is 6.20 Å². The Labute approximate surface area is 141 Å². The van der Waals surface area contributed by atoms with Gasteiger partial charge in [0.05, 0.1) is 18.5 Å². The highest BCUT2D eigenvalue weighted by molar-refractivity contribution is 5.85. The van der Waals surface area contributed by atoms with Crippen molar-refractivity contribution in [3.05, 3.63) is 54.0 Å². The van der Waals surface area contributed by atoms with E-state index in [9.17, 15) is 4.79 Å². The summed E-state index contributed by atoms with van der Waals surface area (Å²) < 4.78 is 6.26. The van der Waals surface area contributed by atoms with Gasteiger partial charge in [-0.3, -0.25) is 4.98 Å². The predicted octanol–water partition coefficient (Wildman–Crippen LogP) is 2.78. The quantitative estimate of drug-likeness (QED) is 0.930. The molecule has 1 fully saturated rings. The third kappa shape index (κ3) is 3.54. The molecule has 0 bridgehead atoms. The SMILES string of the molecule is CC(C)[C@H]1CN(c2cncc(C(=O)O)n2)C[C@@H](c2ccccc2)O1. The van der Waals surface area contributed by atoms with Crippen molar-refractivity contribution in [2.24, 2.45) is 5.92 Å². The third-order valence-corrected chi connectivity index (χ3v) is 4.21. The number of aromatic carboxylic acids is 1. The Balaban J connectivity index is 1.89. The van der Waals surface area contributed by atoms with Crippen LogP contribution in [0.3, 0.4) is 0 Å². The van der Waals surface area contributed by atoms with Crippen LogP contribution in [0.25, 0.3) is 0 Å². The van der Waals surface area contributed by atoms with Crippen LogP contribution in [-0.4, -0.2) is 40.2 Å². The van der Waals surface area contributed by atoms with Gasteiger partial charge in [0.15, 0.2) is 5.69 Å². The number of ether oxygens (including phenoxy) is 1. The maximum atomic E-state index is 11.1. The molecule has 1 aromatic carbocycles. The van der Waals surface area contributed by atoms with Crippen molar-refractivity contribution < 1.29 is 14.6 Å². The number of anilines is 1. The first kappa shape index (κ1) is 16.4. The number of morpholine rings is 1. The number of carbonyl (C=O) groups is 1. The fourth-order valence-corrected chi connectivity index (χ4v) is 2.81. The van der Waals surface area contributed by atoms with Gasteiger partial charge >= 0.3 is 5.97 Å². The summed E-state index contributed by atoms with van der Waals surface area (Å²) in [7, 11) is 0. The summed E-state index contributed by atoms with van der Waals surface area (Å²) in [5.41, 5.74) is 1.06. The molecular formula is C18H21N3O3. The predicted molar refractivity (Wildman–Crippen MR) is 90.1 cm³/mol. The highest BCUT2D eigenvalue weighted by Gasteiger charge is 2.31. The minimum atomic E-state index is -1.07. The molecule has 2 atom stereocenters. The molecule has 0 aliphatic carbocycles. The van der Waals surface area contributed by atoms with Crippen LogP contribution >= 0.6 is 0 Å². The maximum absolute atomic E-state index is 11.1. The Hall–Kier alpha value is -2.47. The van der Waals surface area contributed by atoms with Gasteiger partial charge in [-0.2, -0.15) is 0 Å². The Kier molecular flexibility index (Phi) is 4.76. The van der Waals surface area contributed by atoms with Crippen LogP contribution in [-0.2, 0) is 4.74 Å². The molecule has 2 aromatic rings. The van der Waals surface area contributed by atoms with E-state index in [1.807, 2.05) is 30.3 Å². The molecule has 24 heavy (non-hydrogen) atoms. The minimum absolute atomic E-state index is 0.0410. The van der Waals surface area contributed by atoms with E-state index in [4.69, 9.17) is 9.84 Å². The molecule has 1 aliphatic rings. The van der Waals surface area contributed by atoms with Gasteiger partial charge in [-0.25, -0.2) is 9.78 Å². The van der Waals surface area contributed by atoms with Gasteiger partial charge in [0.25, 0.3) is 0 Å². The smallest absolute Gasteiger partial charge is 0.356 e. The Morgan fingerprint density at radius 3 is 2.67 bits per heavy atom. The summed E-state index contributed by atoms with van der Waals surface area (Å²) in [5, 5.41) is 9.13. The second kappa shape index (κ2) is 6.97. The average Bonchev–Trinajstić information content (AvgIpc) is 2.62. The molecule has 3 rings (SSSR count). The van der Waals surface area contributed by atoms with Crippen LogP contribution in [0.1, 0.15) is 36.0 Å². The Morgan fingerprint density at radius 2 is 2.00 bits per heavy atom. The molecule has 0 amide bonds. The van der Waals surface area contributed by atoms with E-state index in [1.54, 1.807) is 6.20 Å². The van der Waals surface area contributed by atoms with E-state index in [0.717, 1.165) is 5.56 Å². The fraction of sp³-hybridized carbons (Fsp3) is 0.389. The van der Waals surface area contributed by atoms with Crippen LogP contribution < -0.4 is 4.90 Å². The van der Waals surface area contributed by atoms with Crippen LogP contribution in [0.4, 0.5) is 5.82 Å². The number of carboxylic acids is 1. The van der Waals surface area contributed by atoms with Gasteiger partial charge in [-0.1, -0.05) is 44.2 Å². The standard InChI is InChI=1S/C18H21N3O3/c1-12(2)15-10-21(17-9-19-8-14(20-17)18(22)23)11-16(24-15)13-6-4-3-5-7-13/h3-9,12,15-16H,10-11H2,1-2H3,(H,22,23)/t15-,16+/m1/s1. The first-order chi connectivity index (χ1) is 11.5.